The van der Waals surface area contributed by atoms with Crippen LogP contribution in [0.1, 0.15) is 11.1 Å². The number of aromatic nitrogens is 1. The minimum Gasteiger partial charge on any atom is -0.438 e. The molecule has 0 unspecified atom stereocenters. The van der Waals surface area contributed by atoms with Crippen molar-refractivity contribution in [1.29, 1.82) is 0 Å². The molecule has 3 nitrogen and oxygen atoms in total. The molecular weight excluding hydrogens is 267 g/mol. The fourth-order valence-corrected chi connectivity index (χ4v) is 2.24. The van der Waals surface area contributed by atoms with E-state index in [9.17, 15) is 4.39 Å². The highest BCUT2D eigenvalue weighted by Gasteiger charge is 2.11. The summed E-state index contributed by atoms with van der Waals surface area (Å²) < 4.78 is 19.5. The Balaban J connectivity index is 2.06. The van der Waals surface area contributed by atoms with Crippen molar-refractivity contribution in [3.05, 3.63) is 65.5 Å². The number of halogens is 1. The molecule has 0 amide bonds. The van der Waals surface area contributed by atoms with Gasteiger partial charge in [-0.3, -0.25) is 0 Å². The van der Waals surface area contributed by atoms with Gasteiger partial charge in [0.15, 0.2) is 0 Å². The average Bonchev–Trinajstić information content (AvgIpc) is 2.48. The molecule has 106 valence electrons. The fraction of sp³-hybridized carbons (Fsp3) is 0.118. The second-order valence-electron chi connectivity index (χ2n) is 4.83. The van der Waals surface area contributed by atoms with E-state index in [-0.39, 0.29) is 12.4 Å². The lowest BCUT2D eigenvalue weighted by atomic mass is 10.1. The summed E-state index contributed by atoms with van der Waals surface area (Å²) in [5, 5.41) is 1.04. The summed E-state index contributed by atoms with van der Waals surface area (Å²) in [6, 6.07) is 14.4. The molecule has 0 atom stereocenters. The van der Waals surface area contributed by atoms with E-state index in [1.54, 1.807) is 12.1 Å². The molecule has 0 saturated carbocycles. The van der Waals surface area contributed by atoms with E-state index in [1.165, 1.54) is 6.07 Å². The van der Waals surface area contributed by atoms with E-state index in [0.29, 0.717) is 17.2 Å². The summed E-state index contributed by atoms with van der Waals surface area (Å²) in [5.41, 5.74) is 7.67. The summed E-state index contributed by atoms with van der Waals surface area (Å²) in [7, 11) is 0. The molecular formula is C17H15FN2O. The number of hydrogen-bond acceptors (Lipinski definition) is 3. The number of benzene rings is 2. The molecule has 3 aromatic rings. The zero-order valence-corrected chi connectivity index (χ0v) is 11.6. The van der Waals surface area contributed by atoms with Crippen LogP contribution >= 0.6 is 0 Å². The van der Waals surface area contributed by atoms with Crippen LogP contribution in [-0.2, 0) is 6.54 Å². The standard InChI is InChI=1S/C17H15FN2O/c1-11-9-12-5-2-3-7-15(12)20-17(11)21-16-8-4-6-14(18)13(16)10-19/h2-9H,10,19H2,1H3. The van der Waals surface area contributed by atoms with Crippen LogP contribution in [0.2, 0.25) is 0 Å². The summed E-state index contributed by atoms with van der Waals surface area (Å²) >= 11 is 0. The number of pyridine rings is 1. The fourth-order valence-electron chi connectivity index (χ4n) is 2.24. The summed E-state index contributed by atoms with van der Waals surface area (Å²) in [4.78, 5) is 4.49. The molecule has 0 aliphatic heterocycles. The van der Waals surface area contributed by atoms with Crippen molar-refractivity contribution in [1.82, 2.24) is 4.98 Å². The third-order valence-electron chi connectivity index (χ3n) is 3.35. The predicted molar refractivity (Wildman–Crippen MR) is 80.8 cm³/mol. The van der Waals surface area contributed by atoms with Gasteiger partial charge in [-0.25, -0.2) is 9.37 Å². The van der Waals surface area contributed by atoms with Crippen molar-refractivity contribution in [3.8, 4) is 11.6 Å². The lowest BCUT2D eigenvalue weighted by Crippen LogP contribution is -2.03. The van der Waals surface area contributed by atoms with Gasteiger partial charge in [0.25, 0.3) is 0 Å². The molecule has 1 aromatic heterocycles. The Hall–Kier alpha value is -2.46. The third kappa shape index (κ3) is 2.58. The van der Waals surface area contributed by atoms with Crippen molar-refractivity contribution in [2.75, 3.05) is 0 Å². The highest BCUT2D eigenvalue weighted by molar-refractivity contribution is 5.80. The minimum atomic E-state index is -0.367. The van der Waals surface area contributed by atoms with Gasteiger partial charge >= 0.3 is 0 Å². The van der Waals surface area contributed by atoms with Crippen LogP contribution in [0.25, 0.3) is 10.9 Å². The van der Waals surface area contributed by atoms with Crippen LogP contribution in [0.3, 0.4) is 0 Å². The molecule has 0 aliphatic rings. The SMILES string of the molecule is Cc1cc2ccccc2nc1Oc1cccc(F)c1CN. The van der Waals surface area contributed by atoms with Crippen LogP contribution in [-0.4, -0.2) is 4.98 Å². The third-order valence-corrected chi connectivity index (χ3v) is 3.35. The number of fused-ring (bicyclic) bond motifs is 1. The van der Waals surface area contributed by atoms with E-state index in [0.717, 1.165) is 16.5 Å². The lowest BCUT2D eigenvalue weighted by molar-refractivity contribution is 0.448. The Morgan fingerprint density at radius 1 is 1.14 bits per heavy atom. The van der Waals surface area contributed by atoms with Gasteiger partial charge in [0.05, 0.1) is 5.52 Å². The predicted octanol–water partition coefficient (Wildman–Crippen LogP) is 3.93. The molecule has 0 aliphatic carbocycles. The zero-order chi connectivity index (χ0) is 14.8. The van der Waals surface area contributed by atoms with Crippen LogP contribution in [0.5, 0.6) is 11.6 Å². The highest BCUT2D eigenvalue weighted by atomic mass is 19.1. The number of nitrogens with zero attached hydrogens (tertiary/aromatic N) is 1. The zero-order valence-electron chi connectivity index (χ0n) is 11.6. The maximum atomic E-state index is 13.7. The normalized spacial score (nSPS) is 10.8. The molecule has 1 heterocycles. The molecule has 2 aromatic carbocycles. The Labute approximate surface area is 122 Å². The van der Waals surface area contributed by atoms with Crippen LogP contribution in [0.15, 0.2) is 48.5 Å². The maximum absolute atomic E-state index is 13.7. The molecule has 0 spiro atoms. The second-order valence-corrected chi connectivity index (χ2v) is 4.83. The first-order valence-electron chi connectivity index (χ1n) is 6.70. The van der Waals surface area contributed by atoms with Crippen LogP contribution in [0, 0.1) is 12.7 Å². The second kappa shape index (κ2) is 5.50. The van der Waals surface area contributed by atoms with E-state index in [1.807, 2.05) is 37.3 Å². The maximum Gasteiger partial charge on any atom is 0.222 e. The number of aryl methyl sites for hydroxylation is 1. The molecule has 0 saturated heterocycles. The van der Waals surface area contributed by atoms with E-state index >= 15 is 0 Å². The molecule has 0 bridgehead atoms. The molecule has 0 radical (unpaired) electrons. The largest absolute Gasteiger partial charge is 0.438 e. The van der Waals surface area contributed by atoms with Crippen molar-refractivity contribution in [2.45, 2.75) is 13.5 Å². The van der Waals surface area contributed by atoms with Gasteiger partial charge in [0.1, 0.15) is 11.6 Å². The Kier molecular flexibility index (Phi) is 3.54. The van der Waals surface area contributed by atoms with E-state index in [2.05, 4.69) is 4.98 Å². The molecule has 4 heteroatoms. The van der Waals surface area contributed by atoms with Gasteiger partial charge in [-0.15, -0.1) is 0 Å². The summed E-state index contributed by atoms with van der Waals surface area (Å²) in [6.45, 7) is 1.99. The molecule has 21 heavy (non-hydrogen) atoms. The van der Waals surface area contributed by atoms with Gasteiger partial charge in [-0.1, -0.05) is 24.3 Å². The Morgan fingerprint density at radius 3 is 2.76 bits per heavy atom. The van der Waals surface area contributed by atoms with Gasteiger partial charge in [-0.2, -0.15) is 0 Å². The number of hydrogen-bond donors (Lipinski definition) is 1. The topological polar surface area (TPSA) is 48.1 Å². The summed E-state index contributed by atoms with van der Waals surface area (Å²) in [6.07, 6.45) is 0. The Morgan fingerprint density at radius 2 is 1.95 bits per heavy atom. The molecule has 0 fully saturated rings. The minimum absolute atomic E-state index is 0.0780. The van der Waals surface area contributed by atoms with Crippen molar-refractivity contribution >= 4 is 10.9 Å². The number of nitrogens with two attached hydrogens (primary N) is 1. The van der Waals surface area contributed by atoms with Crippen LogP contribution < -0.4 is 10.5 Å². The smallest absolute Gasteiger partial charge is 0.222 e. The number of para-hydroxylation sites is 1. The van der Waals surface area contributed by atoms with Gasteiger partial charge in [0, 0.05) is 23.1 Å². The lowest BCUT2D eigenvalue weighted by Gasteiger charge is -2.12. The van der Waals surface area contributed by atoms with Crippen molar-refractivity contribution in [3.63, 3.8) is 0 Å². The van der Waals surface area contributed by atoms with E-state index < -0.39 is 0 Å². The first-order chi connectivity index (χ1) is 10.2. The Bertz CT molecular complexity index is 802. The number of rotatable bonds is 3. The van der Waals surface area contributed by atoms with Crippen molar-refractivity contribution in [2.24, 2.45) is 5.73 Å². The summed E-state index contributed by atoms with van der Waals surface area (Å²) in [5.74, 6) is 0.505. The van der Waals surface area contributed by atoms with Crippen LogP contribution in [0.4, 0.5) is 4.39 Å². The van der Waals surface area contributed by atoms with E-state index in [4.69, 9.17) is 10.5 Å². The highest BCUT2D eigenvalue weighted by Crippen LogP contribution is 2.29. The number of ether oxygens (including phenoxy) is 1. The van der Waals surface area contributed by atoms with Gasteiger partial charge in [0.2, 0.25) is 5.88 Å². The molecule has 2 N–H and O–H groups in total. The van der Waals surface area contributed by atoms with Gasteiger partial charge < -0.3 is 10.5 Å². The first-order valence-corrected chi connectivity index (χ1v) is 6.70. The van der Waals surface area contributed by atoms with Crippen molar-refractivity contribution < 1.29 is 9.13 Å². The average molecular weight is 282 g/mol. The quantitative estimate of drug-likeness (QED) is 0.791. The monoisotopic (exact) mass is 282 g/mol. The van der Waals surface area contributed by atoms with Gasteiger partial charge in [-0.05, 0) is 31.2 Å². The molecule has 3 rings (SSSR count). The first kappa shape index (κ1) is 13.5.